The van der Waals surface area contributed by atoms with Crippen LogP contribution in [0.1, 0.15) is 34.1 Å². The minimum absolute atomic E-state index is 0.135. The second kappa shape index (κ2) is 7.02. The molecule has 2 fully saturated rings. The van der Waals surface area contributed by atoms with E-state index >= 15 is 0 Å². The third-order valence-electron chi connectivity index (χ3n) is 3.61. The molecule has 2 saturated heterocycles. The van der Waals surface area contributed by atoms with Gasteiger partial charge < -0.3 is 23.7 Å². The van der Waals surface area contributed by atoms with Crippen LogP contribution < -0.4 is 0 Å². The first-order chi connectivity index (χ1) is 10.8. The van der Waals surface area contributed by atoms with E-state index in [1.807, 2.05) is 0 Å². The van der Waals surface area contributed by atoms with Crippen molar-refractivity contribution in [3.05, 3.63) is 10.4 Å². The van der Waals surface area contributed by atoms with Crippen molar-refractivity contribution >= 4 is 5.97 Å². The maximum Gasteiger partial charge on any atom is 0.315 e. The van der Waals surface area contributed by atoms with Crippen LogP contribution in [0.15, 0.2) is 5.11 Å². The normalized spacial score (nSPS) is 33.1. The fourth-order valence-corrected chi connectivity index (χ4v) is 2.81. The maximum atomic E-state index is 12.1. The summed E-state index contributed by atoms with van der Waals surface area (Å²) < 4.78 is 27.8. The van der Waals surface area contributed by atoms with Crippen LogP contribution in [0, 0.1) is 0 Å². The van der Waals surface area contributed by atoms with Gasteiger partial charge in [0.05, 0.1) is 12.2 Å². The lowest BCUT2D eigenvalue weighted by Gasteiger charge is -2.24. The Labute approximate surface area is 134 Å². The van der Waals surface area contributed by atoms with Crippen LogP contribution in [-0.2, 0) is 28.5 Å². The van der Waals surface area contributed by atoms with Gasteiger partial charge in [-0.25, -0.2) is 0 Å². The van der Waals surface area contributed by atoms with Crippen molar-refractivity contribution in [1.29, 1.82) is 0 Å². The molecule has 0 radical (unpaired) electrons. The van der Waals surface area contributed by atoms with Gasteiger partial charge in [0.15, 0.2) is 12.1 Å². The Morgan fingerprint density at radius 2 is 2.00 bits per heavy atom. The van der Waals surface area contributed by atoms with Gasteiger partial charge in [-0.2, -0.15) is 0 Å². The standard InChI is InChI=1S/C14H23N3O6/c1-7(2)20-12(18)8(16-17-15)6-9-10-11(13(19-5)21-9)23-14(3,4)22-10/h7-11,13H,6H2,1-5H3/t8-,9-,10-,11-,13-/m1/s1. The lowest BCUT2D eigenvalue weighted by molar-refractivity contribution is -0.228. The van der Waals surface area contributed by atoms with Crippen molar-refractivity contribution in [2.75, 3.05) is 7.11 Å². The number of fused-ring (bicyclic) bond motifs is 1. The number of azide groups is 1. The molecule has 0 amide bonds. The molecule has 0 spiro atoms. The number of hydrogen-bond donors (Lipinski definition) is 0. The molecule has 2 aliphatic heterocycles. The van der Waals surface area contributed by atoms with Crippen LogP contribution in [0.3, 0.4) is 0 Å². The van der Waals surface area contributed by atoms with E-state index in [1.54, 1.807) is 27.7 Å². The molecule has 0 aromatic heterocycles. The van der Waals surface area contributed by atoms with E-state index in [9.17, 15) is 4.79 Å². The first-order valence-corrected chi connectivity index (χ1v) is 7.56. The summed E-state index contributed by atoms with van der Waals surface area (Å²) in [4.78, 5) is 14.8. The Kier molecular flexibility index (Phi) is 5.49. The van der Waals surface area contributed by atoms with Gasteiger partial charge in [0, 0.05) is 12.0 Å². The van der Waals surface area contributed by atoms with Crippen molar-refractivity contribution in [3.8, 4) is 0 Å². The Hall–Kier alpha value is -1.38. The number of ether oxygens (including phenoxy) is 5. The zero-order chi connectivity index (χ0) is 17.2. The van der Waals surface area contributed by atoms with Gasteiger partial charge in [0.25, 0.3) is 0 Å². The molecule has 2 rings (SSSR count). The zero-order valence-corrected chi connectivity index (χ0v) is 14.0. The van der Waals surface area contributed by atoms with Gasteiger partial charge >= 0.3 is 5.97 Å². The minimum Gasteiger partial charge on any atom is -0.463 e. The molecule has 130 valence electrons. The second-order valence-corrected chi connectivity index (χ2v) is 6.29. The van der Waals surface area contributed by atoms with Crippen molar-refractivity contribution in [2.24, 2.45) is 5.11 Å². The van der Waals surface area contributed by atoms with E-state index in [0.29, 0.717) is 0 Å². The van der Waals surface area contributed by atoms with Crippen LogP contribution in [0.2, 0.25) is 0 Å². The molecule has 9 nitrogen and oxygen atoms in total. The highest BCUT2D eigenvalue weighted by Crippen LogP contribution is 2.40. The molecule has 5 atom stereocenters. The largest absolute Gasteiger partial charge is 0.463 e. The van der Waals surface area contributed by atoms with Crippen molar-refractivity contribution < 1.29 is 28.5 Å². The minimum atomic E-state index is -0.990. The molecule has 2 heterocycles. The highest BCUT2D eigenvalue weighted by atomic mass is 16.8. The summed E-state index contributed by atoms with van der Waals surface area (Å²) in [6.07, 6.45) is -2.06. The first kappa shape index (κ1) is 18.0. The van der Waals surface area contributed by atoms with Crippen LogP contribution in [0.25, 0.3) is 10.4 Å². The van der Waals surface area contributed by atoms with E-state index < -0.39 is 42.4 Å². The van der Waals surface area contributed by atoms with E-state index in [1.165, 1.54) is 7.11 Å². The molecular formula is C14H23N3O6. The third-order valence-corrected chi connectivity index (χ3v) is 3.61. The van der Waals surface area contributed by atoms with Gasteiger partial charge in [-0.05, 0) is 39.6 Å². The van der Waals surface area contributed by atoms with Gasteiger partial charge in [0.1, 0.15) is 18.2 Å². The van der Waals surface area contributed by atoms with Gasteiger partial charge in [-0.15, -0.1) is 0 Å². The predicted octanol–water partition coefficient (Wildman–Crippen LogP) is 1.90. The quantitative estimate of drug-likeness (QED) is 0.318. The number of esters is 1. The maximum absolute atomic E-state index is 12.1. The SMILES string of the molecule is CO[C@@H]1O[C@H](C[C@@H](N=[N+]=[N-])C(=O)OC(C)C)[C@H]2OC(C)(C)O[C@@H]12. The summed E-state index contributed by atoms with van der Waals surface area (Å²) in [5.74, 6) is -1.35. The fourth-order valence-electron chi connectivity index (χ4n) is 2.81. The fraction of sp³-hybridized carbons (Fsp3) is 0.929. The smallest absolute Gasteiger partial charge is 0.315 e. The van der Waals surface area contributed by atoms with Crippen LogP contribution in [0.5, 0.6) is 0 Å². The van der Waals surface area contributed by atoms with Crippen molar-refractivity contribution in [1.82, 2.24) is 0 Å². The highest BCUT2D eigenvalue weighted by Gasteiger charge is 2.56. The Bertz CT molecular complexity index is 491. The highest BCUT2D eigenvalue weighted by molar-refractivity contribution is 5.76. The average molecular weight is 329 g/mol. The number of carbonyl (C=O) groups is 1. The lowest BCUT2D eigenvalue weighted by Crippen LogP contribution is -2.35. The Balaban J connectivity index is 2.10. The summed E-state index contributed by atoms with van der Waals surface area (Å²) >= 11 is 0. The van der Waals surface area contributed by atoms with Crippen LogP contribution in [0.4, 0.5) is 0 Å². The molecule has 0 aliphatic carbocycles. The molecule has 0 saturated carbocycles. The summed E-state index contributed by atoms with van der Waals surface area (Å²) in [6, 6.07) is -0.990. The molecule has 0 unspecified atom stereocenters. The number of nitrogens with zero attached hydrogens (tertiary/aromatic N) is 3. The zero-order valence-electron chi connectivity index (χ0n) is 14.0. The summed E-state index contributed by atoms with van der Waals surface area (Å²) in [5, 5.41) is 3.53. The van der Waals surface area contributed by atoms with Crippen molar-refractivity contribution in [3.63, 3.8) is 0 Å². The lowest BCUT2D eigenvalue weighted by atomic mass is 10.0. The molecule has 0 bridgehead atoms. The van der Waals surface area contributed by atoms with E-state index in [0.717, 1.165) is 0 Å². The number of hydrogen-bond acceptors (Lipinski definition) is 7. The predicted molar refractivity (Wildman–Crippen MR) is 78.3 cm³/mol. The molecule has 0 aromatic rings. The van der Waals surface area contributed by atoms with Crippen molar-refractivity contribution in [2.45, 2.75) is 76.7 Å². The molecule has 0 N–H and O–H groups in total. The average Bonchev–Trinajstić information content (AvgIpc) is 2.91. The first-order valence-electron chi connectivity index (χ1n) is 7.56. The molecule has 9 heteroatoms. The van der Waals surface area contributed by atoms with Crippen LogP contribution in [-0.4, -0.2) is 55.6 Å². The van der Waals surface area contributed by atoms with Gasteiger partial charge in [-0.3, -0.25) is 4.79 Å². The number of methoxy groups -OCH3 is 1. The molecular weight excluding hydrogens is 306 g/mol. The van der Waals surface area contributed by atoms with Crippen LogP contribution >= 0.6 is 0 Å². The van der Waals surface area contributed by atoms with E-state index in [-0.39, 0.29) is 12.5 Å². The Morgan fingerprint density at radius 3 is 2.57 bits per heavy atom. The number of rotatable bonds is 6. The van der Waals surface area contributed by atoms with E-state index in [4.69, 9.17) is 29.2 Å². The summed E-state index contributed by atoms with van der Waals surface area (Å²) in [6.45, 7) is 7.05. The molecule has 2 aliphatic rings. The molecule has 0 aromatic carbocycles. The third kappa shape index (κ3) is 4.13. The summed E-state index contributed by atoms with van der Waals surface area (Å²) in [5.41, 5.74) is 8.69. The van der Waals surface area contributed by atoms with Gasteiger partial charge in [0.2, 0.25) is 0 Å². The summed E-state index contributed by atoms with van der Waals surface area (Å²) in [7, 11) is 1.51. The molecule has 23 heavy (non-hydrogen) atoms. The number of carbonyl (C=O) groups excluding carboxylic acids is 1. The Morgan fingerprint density at radius 1 is 1.35 bits per heavy atom. The monoisotopic (exact) mass is 329 g/mol. The topological polar surface area (TPSA) is 112 Å². The second-order valence-electron chi connectivity index (χ2n) is 6.29. The van der Waals surface area contributed by atoms with Gasteiger partial charge in [-0.1, -0.05) is 5.11 Å². The van der Waals surface area contributed by atoms with E-state index in [2.05, 4.69) is 10.0 Å².